The molecule has 2 rings (SSSR count). The van der Waals surface area contributed by atoms with Gasteiger partial charge in [0.05, 0.1) is 6.04 Å². The quantitative estimate of drug-likeness (QED) is 0.859. The Morgan fingerprint density at radius 3 is 2.12 bits per heavy atom. The number of benzene rings is 2. The van der Waals surface area contributed by atoms with E-state index in [0.29, 0.717) is 11.3 Å². The van der Waals surface area contributed by atoms with E-state index in [-0.39, 0.29) is 11.9 Å². The molecule has 0 radical (unpaired) electrons. The summed E-state index contributed by atoms with van der Waals surface area (Å²) in [5.41, 5.74) is 1.58. The van der Waals surface area contributed by atoms with Gasteiger partial charge < -0.3 is 10.1 Å². The van der Waals surface area contributed by atoms with E-state index < -0.39 is 11.7 Å². The lowest BCUT2D eigenvalue weighted by molar-refractivity contribution is 0.0635. The number of anilines is 1. The standard InChI is InChI=1S/C20H24N2O3/c1-14(15-8-6-5-7-9-15)21-18(23)16-10-12-17(13-11-16)22-19(24)25-20(2,3)4/h5-14H,1-4H3,(H,21,23)(H,22,24)/t14-/m1/s1. The minimum absolute atomic E-state index is 0.0896. The first-order chi connectivity index (χ1) is 11.7. The average Bonchev–Trinajstić information content (AvgIpc) is 2.54. The molecular weight excluding hydrogens is 316 g/mol. The van der Waals surface area contributed by atoms with Gasteiger partial charge in [-0.25, -0.2) is 4.79 Å². The van der Waals surface area contributed by atoms with Crippen molar-refractivity contribution in [1.29, 1.82) is 0 Å². The Balaban J connectivity index is 1.95. The first-order valence-corrected chi connectivity index (χ1v) is 8.20. The number of rotatable bonds is 4. The summed E-state index contributed by atoms with van der Waals surface area (Å²) in [5.74, 6) is -0.167. The third kappa shape index (κ3) is 5.95. The summed E-state index contributed by atoms with van der Waals surface area (Å²) in [6.45, 7) is 7.33. The van der Waals surface area contributed by atoms with Gasteiger partial charge in [-0.05, 0) is 57.5 Å². The fourth-order valence-electron chi connectivity index (χ4n) is 2.23. The molecule has 0 spiro atoms. The van der Waals surface area contributed by atoms with Gasteiger partial charge in [0.2, 0.25) is 0 Å². The van der Waals surface area contributed by atoms with Crippen LogP contribution in [-0.4, -0.2) is 17.6 Å². The Morgan fingerprint density at radius 2 is 1.56 bits per heavy atom. The molecule has 2 aromatic rings. The Bertz CT molecular complexity index is 719. The van der Waals surface area contributed by atoms with Crippen LogP contribution in [0.1, 0.15) is 49.7 Å². The number of carbonyl (C=O) groups excluding carboxylic acids is 2. The first-order valence-electron chi connectivity index (χ1n) is 8.20. The third-order valence-corrected chi connectivity index (χ3v) is 3.44. The zero-order valence-corrected chi connectivity index (χ0v) is 15.0. The molecule has 0 aromatic heterocycles. The van der Waals surface area contributed by atoms with Crippen molar-refractivity contribution in [2.75, 3.05) is 5.32 Å². The molecule has 0 saturated carbocycles. The van der Waals surface area contributed by atoms with Crippen LogP contribution in [0.15, 0.2) is 54.6 Å². The first kappa shape index (κ1) is 18.5. The van der Waals surface area contributed by atoms with Crippen LogP contribution in [-0.2, 0) is 4.74 Å². The van der Waals surface area contributed by atoms with Crippen LogP contribution in [0.3, 0.4) is 0 Å². The molecule has 0 unspecified atom stereocenters. The highest BCUT2D eigenvalue weighted by Crippen LogP contribution is 2.15. The fraction of sp³-hybridized carbons (Fsp3) is 0.300. The Labute approximate surface area is 148 Å². The molecule has 2 amide bonds. The maximum Gasteiger partial charge on any atom is 0.412 e. The molecule has 2 N–H and O–H groups in total. The van der Waals surface area contributed by atoms with Crippen molar-refractivity contribution < 1.29 is 14.3 Å². The van der Waals surface area contributed by atoms with E-state index in [0.717, 1.165) is 5.56 Å². The van der Waals surface area contributed by atoms with Crippen molar-refractivity contribution in [3.63, 3.8) is 0 Å². The van der Waals surface area contributed by atoms with Crippen molar-refractivity contribution in [2.24, 2.45) is 0 Å². The molecular formula is C20H24N2O3. The summed E-state index contributed by atoms with van der Waals surface area (Å²) >= 11 is 0. The van der Waals surface area contributed by atoms with Crippen LogP contribution in [0.2, 0.25) is 0 Å². The zero-order chi connectivity index (χ0) is 18.4. The Morgan fingerprint density at radius 1 is 0.960 bits per heavy atom. The van der Waals surface area contributed by atoms with Gasteiger partial charge in [-0.1, -0.05) is 30.3 Å². The highest BCUT2D eigenvalue weighted by atomic mass is 16.6. The summed E-state index contributed by atoms with van der Waals surface area (Å²) in [6.07, 6.45) is -0.526. The number of hydrogen-bond acceptors (Lipinski definition) is 3. The molecule has 2 aromatic carbocycles. The summed E-state index contributed by atoms with van der Waals surface area (Å²) in [7, 11) is 0. The minimum atomic E-state index is -0.558. The van der Waals surface area contributed by atoms with Gasteiger partial charge in [-0.15, -0.1) is 0 Å². The average molecular weight is 340 g/mol. The van der Waals surface area contributed by atoms with Gasteiger partial charge in [0.1, 0.15) is 5.60 Å². The molecule has 0 aliphatic carbocycles. The van der Waals surface area contributed by atoms with Crippen LogP contribution in [0.5, 0.6) is 0 Å². The van der Waals surface area contributed by atoms with Gasteiger partial charge in [0.15, 0.2) is 0 Å². The lowest BCUT2D eigenvalue weighted by Gasteiger charge is -2.19. The van der Waals surface area contributed by atoms with Crippen molar-refractivity contribution in [3.05, 3.63) is 65.7 Å². The highest BCUT2D eigenvalue weighted by molar-refractivity contribution is 5.95. The maximum atomic E-state index is 12.3. The number of hydrogen-bond donors (Lipinski definition) is 2. The summed E-state index contributed by atoms with van der Waals surface area (Å²) in [5, 5.41) is 5.59. The second-order valence-electron chi connectivity index (χ2n) is 6.81. The van der Waals surface area contributed by atoms with Crippen LogP contribution >= 0.6 is 0 Å². The lowest BCUT2D eigenvalue weighted by Crippen LogP contribution is -2.27. The van der Waals surface area contributed by atoms with Crippen LogP contribution in [0.4, 0.5) is 10.5 Å². The number of amides is 2. The predicted molar refractivity (Wildman–Crippen MR) is 98.6 cm³/mol. The van der Waals surface area contributed by atoms with Crippen molar-refractivity contribution >= 4 is 17.7 Å². The predicted octanol–water partition coefficient (Wildman–Crippen LogP) is 4.52. The van der Waals surface area contributed by atoms with Crippen molar-refractivity contribution in [1.82, 2.24) is 5.32 Å². The smallest absolute Gasteiger partial charge is 0.412 e. The van der Waals surface area contributed by atoms with E-state index >= 15 is 0 Å². The molecule has 0 fully saturated rings. The van der Waals surface area contributed by atoms with Crippen LogP contribution in [0, 0.1) is 0 Å². The number of nitrogens with one attached hydrogen (secondary N) is 2. The molecule has 0 saturated heterocycles. The fourth-order valence-corrected chi connectivity index (χ4v) is 2.23. The topological polar surface area (TPSA) is 67.4 Å². The van der Waals surface area contributed by atoms with E-state index in [2.05, 4.69) is 10.6 Å². The van der Waals surface area contributed by atoms with E-state index in [4.69, 9.17) is 4.74 Å². The van der Waals surface area contributed by atoms with Gasteiger partial charge in [-0.3, -0.25) is 10.1 Å². The molecule has 0 aliphatic rings. The lowest BCUT2D eigenvalue weighted by atomic mass is 10.1. The number of carbonyl (C=O) groups is 2. The largest absolute Gasteiger partial charge is 0.444 e. The summed E-state index contributed by atoms with van der Waals surface area (Å²) in [6, 6.07) is 16.3. The molecule has 25 heavy (non-hydrogen) atoms. The van der Waals surface area contributed by atoms with E-state index in [1.807, 2.05) is 37.3 Å². The zero-order valence-electron chi connectivity index (χ0n) is 15.0. The Kier molecular flexibility index (Phi) is 5.80. The Hall–Kier alpha value is -2.82. The summed E-state index contributed by atoms with van der Waals surface area (Å²) < 4.78 is 5.19. The normalized spacial score (nSPS) is 12.2. The van der Waals surface area contributed by atoms with Crippen molar-refractivity contribution in [3.8, 4) is 0 Å². The SMILES string of the molecule is C[C@@H](NC(=O)c1ccc(NC(=O)OC(C)(C)C)cc1)c1ccccc1. The molecule has 0 aliphatic heterocycles. The molecule has 132 valence electrons. The monoisotopic (exact) mass is 340 g/mol. The van der Waals surface area contributed by atoms with Gasteiger partial charge >= 0.3 is 6.09 Å². The van der Waals surface area contributed by atoms with E-state index in [1.165, 1.54) is 0 Å². The number of ether oxygens (including phenoxy) is 1. The second kappa shape index (κ2) is 7.83. The van der Waals surface area contributed by atoms with Crippen LogP contribution in [0.25, 0.3) is 0 Å². The molecule has 0 bridgehead atoms. The third-order valence-electron chi connectivity index (χ3n) is 3.44. The minimum Gasteiger partial charge on any atom is -0.444 e. The molecule has 5 heteroatoms. The van der Waals surface area contributed by atoms with Crippen molar-refractivity contribution in [2.45, 2.75) is 39.3 Å². The summed E-state index contributed by atoms with van der Waals surface area (Å²) in [4.78, 5) is 24.1. The molecule has 0 heterocycles. The van der Waals surface area contributed by atoms with Gasteiger partial charge in [-0.2, -0.15) is 0 Å². The van der Waals surface area contributed by atoms with E-state index in [1.54, 1.807) is 45.0 Å². The highest BCUT2D eigenvalue weighted by Gasteiger charge is 2.16. The van der Waals surface area contributed by atoms with Crippen LogP contribution < -0.4 is 10.6 Å². The maximum absolute atomic E-state index is 12.3. The van der Waals surface area contributed by atoms with Gasteiger partial charge in [0, 0.05) is 11.3 Å². The molecule has 1 atom stereocenters. The molecule has 5 nitrogen and oxygen atoms in total. The van der Waals surface area contributed by atoms with Gasteiger partial charge in [0.25, 0.3) is 5.91 Å². The second-order valence-corrected chi connectivity index (χ2v) is 6.81. The van der Waals surface area contributed by atoms with E-state index in [9.17, 15) is 9.59 Å².